The molecule has 0 amide bonds. The van der Waals surface area contributed by atoms with Gasteiger partial charge in [-0.2, -0.15) is 0 Å². The SMILES string of the molecule is Nc1ncnc2c1CN=C(c1ccccc1F)c1cc(Cl)ccc1-2. The van der Waals surface area contributed by atoms with Crippen molar-refractivity contribution in [1.29, 1.82) is 0 Å². The summed E-state index contributed by atoms with van der Waals surface area (Å²) in [6.45, 7) is 0.276. The molecule has 0 radical (unpaired) electrons. The number of halogens is 2. The van der Waals surface area contributed by atoms with Crippen LogP contribution < -0.4 is 5.73 Å². The van der Waals surface area contributed by atoms with Gasteiger partial charge in [-0.3, -0.25) is 4.99 Å². The summed E-state index contributed by atoms with van der Waals surface area (Å²) in [4.78, 5) is 13.0. The van der Waals surface area contributed by atoms with Gasteiger partial charge in [-0.1, -0.05) is 29.8 Å². The number of fused-ring (bicyclic) bond motifs is 3. The van der Waals surface area contributed by atoms with Gasteiger partial charge in [0.1, 0.15) is 18.0 Å². The van der Waals surface area contributed by atoms with Crippen molar-refractivity contribution in [2.24, 2.45) is 4.99 Å². The zero-order chi connectivity index (χ0) is 16.7. The number of rotatable bonds is 1. The maximum atomic E-state index is 14.3. The predicted octanol–water partition coefficient (Wildman–Crippen LogP) is 3.87. The highest BCUT2D eigenvalue weighted by molar-refractivity contribution is 6.31. The van der Waals surface area contributed by atoms with Gasteiger partial charge in [-0.25, -0.2) is 14.4 Å². The highest BCUT2D eigenvalue weighted by atomic mass is 35.5. The molecule has 0 unspecified atom stereocenters. The van der Waals surface area contributed by atoms with Gasteiger partial charge in [0.15, 0.2) is 0 Å². The molecule has 0 bridgehead atoms. The summed E-state index contributed by atoms with van der Waals surface area (Å²) < 4.78 is 14.3. The average Bonchev–Trinajstić information content (AvgIpc) is 2.73. The lowest BCUT2D eigenvalue weighted by molar-refractivity contribution is 0.625. The minimum Gasteiger partial charge on any atom is -0.383 e. The Bertz CT molecular complexity index is 985. The summed E-state index contributed by atoms with van der Waals surface area (Å²) in [7, 11) is 0. The molecule has 118 valence electrons. The number of aromatic nitrogens is 2. The van der Waals surface area contributed by atoms with Gasteiger partial charge in [0.25, 0.3) is 0 Å². The van der Waals surface area contributed by atoms with E-state index >= 15 is 0 Å². The Labute approximate surface area is 142 Å². The van der Waals surface area contributed by atoms with E-state index in [-0.39, 0.29) is 12.4 Å². The first-order valence-corrected chi connectivity index (χ1v) is 7.72. The van der Waals surface area contributed by atoms with Crippen LogP contribution in [0.3, 0.4) is 0 Å². The molecule has 0 saturated heterocycles. The molecule has 4 nitrogen and oxygen atoms in total. The third-order valence-corrected chi connectivity index (χ3v) is 4.23. The lowest BCUT2D eigenvalue weighted by Gasteiger charge is -2.12. The zero-order valence-corrected chi connectivity index (χ0v) is 13.3. The monoisotopic (exact) mass is 338 g/mol. The van der Waals surface area contributed by atoms with Gasteiger partial charge >= 0.3 is 0 Å². The number of benzene rings is 2. The zero-order valence-electron chi connectivity index (χ0n) is 12.5. The van der Waals surface area contributed by atoms with Crippen LogP contribution >= 0.6 is 11.6 Å². The van der Waals surface area contributed by atoms with Crippen LogP contribution in [0.15, 0.2) is 53.8 Å². The van der Waals surface area contributed by atoms with E-state index in [9.17, 15) is 4.39 Å². The minimum atomic E-state index is -0.341. The fraction of sp³-hybridized carbons (Fsp3) is 0.0556. The smallest absolute Gasteiger partial charge is 0.132 e. The van der Waals surface area contributed by atoms with Crippen LogP contribution in [0.5, 0.6) is 0 Å². The lowest BCUT2D eigenvalue weighted by atomic mass is 9.95. The third kappa shape index (κ3) is 2.34. The second kappa shape index (κ2) is 5.69. The summed E-state index contributed by atoms with van der Waals surface area (Å²) in [5.74, 6) is 0.0339. The minimum absolute atomic E-state index is 0.276. The fourth-order valence-corrected chi connectivity index (χ4v) is 3.03. The Hall–Kier alpha value is -2.79. The van der Waals surface area contributed by atoms with E-state index in [1.54, 1.807) is 30.3 Å². The highest BCUT2D eigenvalue weighted by Gasteiger charge is 2.23. The fourth-order valence-electron chi connectivity index (χ4n) is 2.86. The van der Waals surface area contributed by atoms with Crippen molar-refractivity contribution in [2.75, 3.05) is 5.73 Å². The Morgan fingerprint density at radius 3 is 2.67 bits per heavy atom. The summed E-state index contributed by atoms with van der Waals surface area (Å²) in [6, 6.07) is 11.9. The van der Waals surface area contributed by atoms with Crippen molar-refractivity contribution in [3.05, 3.63) is 76.3 Å². The Kier molecular flexibility index (Phi) is 3.50. The molecule has 6 heteroatoms. The summed E-state index contributed by atoms with van der Waals surface area (Å²) in [6.07, 6.45) is 1.42. The Balaban J connectivity index is 2.04. The van der Waals surface area contributed by atoms with E-state index in [0.717, 1.165) is 16.7 Å². The van der Waals surface area contributed by atoms with Crippen molar-refractivity contribution in [3.8, 4) is 11.3 Å². The second-order valence-corrected chi connectivity index (χ2v) is 5.86. The maximum absolute atomic E-state index is 14.3. The number of nitrogens with two attached hydrogens (primary N) is 1. The van der Waals surface area contributed by atoms with Crippen molar-refractivity contribution in [2.45, 2.75) is 6.54 Å². The van der Waals surface area contributed by atoms with Crippen LogP contribution in [0.25, 0.3) is 11.3 Å². The quantitative estimate of drug-likeness (QED) is 0.732. The van der Waals surface area contributed by atoms with Crippen LogP contribution in [0, 0.1) is 5.82 Å². The van der Waals surface area contributed by atoms with Gasteiger partial charge in [0.2, 0.25) is 0 Å². The van der Waals surface area contributed by atoms with Gasteiger partial charge in [0.05, 0.1) is 18.0 Å². The molecule has 1 aliphatic rings. The molecule has 3 aromatic rings. The normalized spacial score (nSPS) is 12.8. The van der Waals surface area contributed by atoms with Gasteiger partial charge in [-0.15, -0.1) is 0 Å². The van der Waals surface area contributed by atoms with E-state index in [2.05, 4.69) is 15.0 Å². The number of hydrogen-bond acceptors (Lipinski definition) is 4. The molecular formula is C18H12ClFN4. The topological polar surface area (TPSA) is 64.2 Å². The van der Waals surface area contributed by atoms with E-state index in [1.807, 2.05) is 6.07 Å². The van der Waals surface area contributed by atoms with Gasteiger partial charge in [-0.05, 0) is 24.3 Å². The van der Waals surface area contributed by atoms with Crippen molar-refractivity contribution in [3.63, 3.8) is 0 Å². The number of aliphatic imine (C=N–C) groups is 1. The van der Waals surface area contributed by atoms with Crippen molar-refractivity contribution >= 4 is 23.1 Å². The molecule has 24 heavy (non-hydrogen) atoms. The summed E-state index contributed by atoms with van der Waals surface area (Å²) >= 11 is 6.17. The lowest BCUT2D eigenvalue weighted by Crippen LogP contribution is -2.07. The Morgan fingerprint density at radius 1 is 1.00 bits per heavy atom. The molecule has 0 spiro atoms. The number of hydrogen-bond donors (Lipinski definition) is 1. The van der Waals surface area contributed by atoms with E-state index in [1.165, 1.54) is 12.4 Å². The molecule has 0 aliphatic carbocycles. The first-order valence-electron chi connectivity index (χ1n) is 7.34. The van der Waals surface area contributed by atoms with Crippen molar-refractivity contribution < 1.29 is 4.39 Å². The predicted molar refractivity (Wildman–Crippen MR) is 92.6 cm³/mol. The summed E-state index contributed by atoms with van der Waals surface area (Å²) in [5, 5.41) is 0.545. The first-order chi connectivity index (χ1) is 11.6. The molecule has 2 heterocycles. The standard InChI is InChI=1S/C18H12ClFN4/c19-10-5-6-11-13(7-10)17(12-3-1-2-4-15(12)20)22-8-14-16(11)23-9-24-18(14)21/h1-7,9H,8H2,(H2,21,23,24). The molecule has 0 fully saturated rings. The van der Waals surface area contributed by atoms with Gasteiger partial charge in [0, 0.05) is 27.3 Å². The second-order valence-electron chi connectivity index (χ2n) is 5.42. The number of nitrogens with zero attached hydrogens (tertiary/aromatic N) is 3. The molecule has 0 saturated carbocycles. The largest absolute Gasteiger partial charge is 0.383 e. The van der Waals surface area contributed by atoms with Crippen LogP contribution in [0.1, 0.15) is 16.7 Å². The van der Waals surface area contributed by atoms with Crippen molar-refractivity contribution in [1.82, 2.24) is 9.97 Å². The maximum Gasteiger partial charge on any atom is 0.132 e. The molecule has 0 atom stereocenters. The highest BCUT2D eigenvalue weighted by Crippen LogP contribution is 2.34. The van der Waals surface area contributed by atoms with E-state index in [4.69, 9.17) is 17.3 Å². The van der Waals surface area contributed by atoms with Gasteiger partial charge < -0.3 is 5.73 Å². The molecule has 2 aromatic carbocycles. The van der Waals surface area contributed by atoms with E-state index in [0.29, 0.717) is 27.8 Å². The molecule has 1 aromatic heterocycles. The van der Waals surface area contributed by atoms with Crippen LogP contribution in [0.4, 0.5) is 10.2 Å². The molecule has 2 N–H and O–H groups in total. The van der Waals surface area contributed by atoms with E-state index < -0.39 is 0 Å². The summed E-state index contributed by atoms with van der Waals surface area (Å²) in [5.41, 5.74) is 9.90. The first kappa shape index (κ1) is 14.8. The average molecular weight is 339 g/mol. The van der Waals surface area contributed by atoms with Crippen LogP contribution in [0.2, 0.25) is 5.02 Å². The van der Waals surface area contributed by atoms with Crippen LogP contribution in [-0.2, 0) is 6.54 Å². The molecule has 1 aliphatic heterocycles. The Morgan fingerprint density at radius 2 is 1.83 bits per heavy atom. The number of nitrogen functional groups attached to an aromatic ring is 1. The number of anilines is 1. The third-order valence-electron chi connectivity index (χ3n) is 3.99. The molecular weight excluding hydrogens is 327 g/mol. The molecule has 4 rings (SSSR count). The van der Waals surface area contributed by atoms with Crippen LogP contribution in [-0.4, -0.2) is 15.7 Å².